The van der Waals surface area contributed by atoms with Gasteiger partial charge >= 0.3 is 5.69 Å². The van der Waals surface area contributed by atoms with E-state index in [-0.39, 0.29) is 11.2 Å². The molecule has 4 rings (SSSR count). The molecule has 0 N–H and O–H groups in total. The van der Waals surface area contributed by atoms with Crippen LogP contribution >= 0.6 is 0 Å². The molecular weight excluding hydrogens is 370 g/mol. The zero-order valence-electron chi connectivity index (χ0n) is 16.5. The van der Waals surface area contributed by atoms with Gasteiger partial charge in [-0.1, -0.05) is 18.2 Å². The van der Waals surface area contributed by atoms with Crippen LogP contribution in [0.4, 0.5) is 0 Å². The van der Waals surface area contributed by atoms with Crippen LogP contribution < -0.4 is 11.2 Å². The zero-order valence-corrected chi connectivity index (χ0v) is 16.5. The van der Waals surface area contributed by atoms with Crippen LogP contribution in [0.3, 0.4) is 0 Å². The number of hydrogen-bond acceptors (Lipinski definition) is 5. The molecule has 8 heteroatoms. The summed E-state index contributed by atoms with van der Waals surface area (Å²) in [4.78, 5) is 34.0. The van der Waals surface area contributed by atoms with Crippen molar-refractivity contribution in [2.45, 2.75) is 26.9 Å². The van der Waals surface area contributed by atoms with E-state index in [0.29, 0.717) is 36.0 Å². The lowest BCUT2D eigenvalue weighted by molar-refractivity contribution is 0.574. The number of oxazole rings is 1. The molecule has 3 aromatic heterocycles. The van der Waals surface area contributed by atoms with Gasteiger partial charge in [-0.3, -0.25) is 13.9 Å². The number of nitrogens with zero attached hydrogens (tertiary/aromatic N) is 5. The second kappa shape index (κ2) is 7.38. The van der Waals surface area contributed by atoms with Gasteiger partial charge in [0, 0.05) is 25.7 Å². The average molecular weight is 391 g/mol. The topological polar surface area (TPSA) is 87.8 Å². The fraction of sp³-hybridized carbons (Fsp3) is 0.238. The summed E-state index contributed by atoms with van der Waals surface area (Å²) in [5.41, 5.74) is 2.04. The Balaban J connectivity index is 1.75. The molecule has 8 nitrogen and oxygen atoms in total. The maximum Gasteiger partial charge on any atom is 0.332 e. The van der Waals surface area contributed by atoms with Crippen LogP contribution in [-0.2, 0) is 20.1 Å². The van der Waals surface area contributed by atoms with E-state index in [4.69, 9.17) is 4.42 Å². The lowest BCUT2D eigenvalue weighted by Crippen LogP contribution is -2.39. The quantitative estimate of drug-likeness (QED) is 0.522. The van der Waals surface area contributed by atoms with Crippen LogP contribution in [0.5, 0.6) is 0 Å². The summed E-state index contributed by atoms with van der Waals surface area (Å²) in [7, 11) is 1.78. The molecule has 0 fully saturated rings. The normalized spacial score (nSPS) is 11.7. The van der Waals surface area contributed by atoms with E-state index >= 15 is 0 Å². The smallest absolute Gasteiger partial charge is 0.332 e. The second-order valence-corrected chi connectivity index (χ2v) is 6.57. The molecule has 29 heavy (non-hydrogen) atoms. The van der Waals surface area contributed by atoms with Gasteiger partial charge in [-0.25, -0.2) is 14.8 Å². The van der Waals surface area contributed by atoms with Gasteiger partial charge in [0.15, 0.2) is 11.2 Å². The number of fused-ring (bicyclic) bond motifs is 1. The first-order valence-electron chi connectivity index (χ1n) is 9.43. The molecule has 0 radical (unpaired) electrons. The van der Waals surface area contributed by atoms with Crippen molar-refractivity contribution in [2.75, 3.05) is 0 Å². The molecule has 1 aromatic carbocycles. The second-order valence-electron chi connectivity index (χ2n) is 6.57. The zero-order chi connectivity index (χ0) is 20.5. The fourth-order valence-corrected chi connectivity index (χ4v) is 3.37. The number of aromatic nitrogens is 5. The predicted molar refractivity (Wildman–Crippen MR) is 111 cm³/mol. The number of aryl methyl sites for hydroxylation is 2. The maximum atomic E-state index is 12.8. The molecule has 0 atom stereocenters. The summed E-state index contributed by atoms with van der Waals surface area (Å²) in [5, 5.41) is 0. The highest BCUT2D eigenvalue weighted by molar-refractivity contribution is 5.77. The molecule has 0 saturated carbocycles. The van der Waals surface area contributed by atoms with Gasteiger partial charge in [0.25, 0.3) is 5.56 Å². The third kappa shape index (κ3) is 3.12. The minimum atomic E-state index is -0.330. The van der Waals surface area contributed by atoms with Gasteiger partial charge in [-0.2, -0.15) is 0 Å². The summed E-state index contributed by atoms with van der Waals surface area (Å²) in [6, 6.07) is 7.75. The maximum absolute atomic E-state index is 12.8. The van der Waals surface area contributed by atoms with Crippen LogP contribution in [0.2, 0.25) is 0 Å². The standard InChI is InChI=1S/C21H21N5O3/c1-4-25-18-17(20(27)26(5-2)21(25)28)24(3)16(23-18)11-8-14-6-9-15(10-7-14)19-22-12-13-29-19/h6-13H,4-5H2,1-3H3. The lowest BCUT2D eigenvalue weighted by Gasteiger charge is -2.08. The molecule has 3 heterocycles. The van der Waals surface area contributed by atoms with Gasteiger partial charge in [0.05, 0.1) is 6.20 Å². The van der Waals surface area contributed by atoms with Crippen LogP contribution in [0, 0.1) is 0 Å². The highest BCUT2D eigenvalue weighted by Crippen LogP contribution is 2.19. The summed E-state index contributed by atoms with van der Waals surface area (Å²) < 4.78 is 9.80. The Hall–Kier alpha value is -3.68. The fourth-order valence-electron chi connectivity index (χ4n) is 3.37. The first-order valence-corrected chi connectivity index (χ1v) is 9.43. The first kappa shape index (κ1) is 18.7. The molecule has 148 valence electrons. The molecule has 4 aromatic rings. The summed E-state index contributed by atoms with van der Waals surface area (Å²) in [6.07, 6.45) is 6.89. The Morgan fingerprint density at radius 1 is 1.03 bits per heavy atom. The minimum Gasteiger partial charge on any atom is -0.445 e. The van der Waals surface area contributed by atoms with E-state index < -0.39 is 0 Å². The largest absolute Gasteiger partial charge is 0.445 e. The Morgan fingerprint density at radius 2 is 1.76 bits per heavy atom. The van der Waals surface area contributed by atoms with Crippen molar-refractivity contribution in [3.8, 4) is 11.5 Å². The van der Waals surface area contributed by atoms with Crippen molar-refractivity contribution < 1.29 is 4.42 Å². The van der Waals surface area contributed by atoms with Gasteiger partial charge < -0.3 is 8.98 Å². The molecule has 0 aliphatic heterocycles. The Kier molecular flexibility index (Phi) is 4.75. The predicted octanol–water partition coefficient (Wildman–Crippen LogP) is 2.76. The Labute approximate surface area is 166 Å². The molecule has 0 aliphatic carbocycles. The van der Waals surface area contributed by atoms with E-state index in [1.54, 1.807) is 24.7 Å². The summed E-state index contributed by atoms with van der Waals surface area (Å²) >= 11 is 0. The van der Waals surface area contributed by atoms with E-state index in [1.807, 2.05) is 43.3 Å². The van der Waals surface area contributed by atoms with Crippen molar-refractivity contribution in [2.24, 2.45) is 7.05 Å². The number of hydrogen-bond donors (Lipinski definition) is 0. The molecular formula is C21H21N5O3. The van der Waals surface area contributed by atoms with Gasteiger partial charge in [0.2, 0.25) is 5.89 Å². The SMILES string of the molecule is CCn1c(=O)c2c(nc(C=Cc3ccc(-c4ncco4)cc3)n2C)n(CC)c1=O. The average Bonchev–Trinajstić information content (AvgIpc) is 3.36. The highest BCUT2D eigenvalue weighted by atomic mass is 16.3. The van der Waals surface area contributed by atoms with Crippen LogP contribution in [0.15, 0.2) is 50.7 Å². The number of benzene rings is 1. The Bertz CT molecular complexity index is 1310. The molecule has 0 bridgehead atoms. The van der Waals surface area contributed by atoms with E-state index in [1.165, 1.54) is 15.4 Å². The Morgan fingerprint density at radius 3 is 2.38 bits per heavy atom. The molecule has 0 spiro atoms. The molecule has 0 saturated heterocycles. The molecule has 0 unspecified atom stereocenters. The van der Waals surface area contributed by atoms with Gasteiger partial charge in [0.1, 0.15) is 12.1 Å². The van der Waals surface area contributed by atoms with Crippen LogP contribution in [0.1, 0.15) is 25.2 Å². The van der Waals surface area contributed by atoms with E-state index in [2.05, 4.69) is 9.97 Å². The minimum absolute atomic E-state index is 0.317. The number of imidazole rings is 1. The van der Waals surface area contributed by atoms with Crippen molar-refractivity contribution >= 4 is 23.3 Å². The summed E-state index contributed by atoms with van der Waals surface area (Å²) in [5.74, 6) is 1.17. The third-order valence-corrected chi connectivity index (χ3v) is 4.92. The van der Waals surface area contributed by atoms with Crippen molar-refractivity contribution in [1.82, 2.24) is 23.7 Å². The van der Waals surface area contributed by atoms with Crippen molar-refractivity contribution in [3.05, 3.63) is 69.0 Å². The van der Waals surface area contributed by atoms with Crippen molar-refractivity contribution in [3.63, 3.8) is 0 Å². The van der Waals surface area contributed by atoms with Crippen molar-refractivity contribution in [1.29, 1.82) is 0 Å². The number of rotatable bonds is 5. The highest BCUT2D eigenvalue weighted by Gasteiger charge is 2.17. The van der Waals surface area contributed by atoms with Gasteiger partial charge in [-0.05, 0) is 37.6 Å². The van der Waals surface area contributed by atoms with Crippen LogP contribution in [0.25, 0.3) is 34.8 Å². The monoisotopic (exact) mass is 391 g/mol. The third-order valence-electron chi connectivity index (χ3n) is 4.92. The summed E-state index contributed by atoms with van der Waals surface area (Å²) in [6.45, 7) is 4.41. The van der Waals surface area contributed by atoms with E-state index in [0.717, 1.165) is 11.1 Å². The van der Waals surface area contributed by atoms with Crippen LogP contribution in [-0.4, -0.2) is 23.7 Å². The molecule has 0 amide bonds. The first-order chi connectivity index (χ1) is 14.0. The van der Waals surface area contributed by atoms with Gasteiger partial charge in [-0.15, -0.1) is 0 Å². The van der Waals surface area contributed by atoms with E-state index in [9.17, 15) is 9.59 Å². The molecule has 0 aliphatic rings. The lowest BCUT2D eigenvalue weighted by atomic mass is 10.1.